The minimum absolute atomic E-state index is 0.118. The Labute approximate surface area is 157 Å². The first-order valence-electron chi connectivity index (χ1n) is 8.17. The number of rotatable bonds is 7. The number of ketones is 1. The van der Waals surface area contributed by atoms with Crippen LogP contribution >= 0.6 is 11.8 Å². The van der Waals surface area contributed by atoms with E-state index in [0.717, 1.165) is 10.5 Å². The minimum atomic E-state index is -0.958. The first kappa shape index (κ1) is 19.7. The molecule has 1 amide bonds. The lowest BCUT2D eigenvalue weighted by Crippen LogP contribution is -2.31. The molecule has 0 spiro atoms. The van der Waals surface area contributed by atoms with E-state index in [4.69, 9.17) is 4.74 Å². The van der Waals surface area contributed by atoms with Gasteiger partial charge in [-0.05, 0) is 44.5 Å². The van der Waals surface area contributed by atoms with Crippen LogP contribution in [0.15, 0.2) is 53.4 Å². The van der Waals surface area contributed by atoms with Gasteiger partial charge in [-0.15, -0.1) is 11.8 Å². The Bertz CT molecular complexity index is 819. The fraction of sp³-hybridized carbons (Fsp3) is 0.250. The number of hydrogen-bond donors (Lipinski definition) is 1. The Morgan fingerprint density at radius 1 is 1.08 bits per heavy atom. The van der Waals surface area contributed by atoms with E-state index in [-0.39, 0.29) is 11.5 Å². The number of benzene rings is 2. The molecule has 0 heterocycles. The second kappa shape index (κ2) is 9.20. The molecule has 2 aromatic carbocycles. The molecule has 0 radical (unpaired) electrons. The summed E-state index contributed by atoms with van der Waals surface area (Å²) in [5.41, 5.74) is 1.90. The van der Waals surface area contributed by atoms with Crippen LogP contribution in [0.3, 0.4) is 0 Å². The van der Waals surface area contributed by atoms with E-state index < -0.39 is 18.0 Å². The molecule has 0 bridgehead atoms. The predicted octanol–water partition coefficient (Wildman–Crippen LogP) is 3.86. The van der Waals surface area contributed by atoms with E-state index in [1.165, 1.54) is 25.6 Å². The van der Waals surface area contributed by atoms with Gasteiger partial charge in [0.15, 0.2) is 11.9 Å². The highest BCUT2D eigenvalue weighted by Crippen LogP contribution is 2.22. The summed E-state index contributed by atoms with van der Waals surface area (Å²) in [6.45, 7) is 4.90. The third kappa shape index (κ3) is 5.46. The van der Waals surface area contributed by atoms with Gasteiger partial charge >= 0.3 is 5.97 Å². The number of Topliss-reactive ketones (excluding diaryl/α,β-unsaturated/α-hetero) is 1. The summed E-state index contributed by atoms with van der Waals surface area (Å²) in [6, 6.07) is 14.4. The zero-order valence-corrected chi connectivity index (χ0v) is 15.8. The standard InChI is InChI=1S/C20H21NO4S/c1-13-8-4-7-11-18(13)26-12-19(23)25-15(3)20(24)21-17-10-6-5-9-16(17)14(2)22/h4-11,15H,12H2,1-3H3,(H,21,24). The number of ether oxygens (including phenoxy) is 1. The number of amides is 1. The van der Waals surface area contributed by atoms with Crippen LogP contribution < -0.4 is 5.32 Å². The van der Waals surface area contributed by atoms with Gasteiger partial charge < -0.3 is 10.1 Å². The minimum Gasteiger partial charge on any atom is -0.452 e. The lowest BCUT2D eigenvalue weighted by atomic mass is 10.1. The average molecular weight is 371 g/mol. The highest BCUT2D eigenvalue weighted by molar-refractivity contribution is 8.00. The van der Waals surface area contributed by atoms with Crippen molar-refractivity contribution in [2.45, 2.75) is 31.8 Å². The van der Waals surface area contributed by atoms with Crippen molar-refractivity contribution in [1.82, 2.24) is 0 Å². The normalized spacial score (nSPS) is 11.5. The van der Waals surface area contributed by atoms with Gasteiger partial charge in [0.05, 0.1) is 11.4 Å². The Morgan fingerprint density at radius 2 is 1.73 bits per heavy atom. The van der Waals surface area contributed by atoms with E-state index >= 15 is 0 Å². The number of esters is 1. The molecule has 1 N–H and O–H groups in total. The van der Waals surface area contributed by atoms with Crippen LogP contribution in [0.2, 0.25) is 0 Å². The number of hydrogen-bond acceptors (Lipinski definition) is 5. The SMILES string of the molecule is CC(=O)c1ccccc1NC(=O)C(C)OC(=O)CSc1ccccc1C. The van der Waals surface area contributed by atoms with E-state index in [1.54, 1.807) is 24.3 Å². The summed E-state index contributed by atoms with van der Waals surface area (Å²) in [5.74, 6) is -0.985. The van der Waals surface area contributed by atoms with Gasteiger partial charge in [-0.25, -0.2) is 0 Å². The van der Waals surface area contributed by atoms with Gasteiger partial charge in [0.2, 0.25) is 0 Å². The lowest BCUT2D eigenvalue weighted by molar-refractivity contribution is -0.150. The molecule has 0 saturated carbocycles. The first-order valence-corrected chi connectivity index (χ1v) is 9.15. The highest BCUT2D eigenvalue weighted by Gasteiger charge is 2.19. The maximum atomic E-state index is 12.2. The summed E-state index contributed by atoms with van der Waals surface area (Å²) in [4.78, 5) is 36.8. The zero-order chi connectivity index (χ0) is 19.1. The Balaban J connectivity index is 1.90. The van der Waals surface area contributed by atoms with Crippen LogP contribution in [0, 0.1) is 6.92 Å². The molecule has 6 heteroatoms. The first-order chi connectivity index (χ1) is 12.4. The van der Waals surface area contributed by atoms with E-state index in [1.807, 2.05) is 31.2 Å². The van der Waals surface area contributed by atoms with Gasteiger partial charge in [0, 0.05) is 10.5 Å². The number of nitrogens with one attached hydrogen (secondary N) is 1. The molecule has 0 fully saturated rings. The second-order valence-electron chi connectivity index (χ2n) is 5.78. The van der Waals surface area contributed by atoms with Crippen LogP contribution in [0.1, 0.15) is 29.8 Å². The van der Waals surface area contributed by atoms with Crippen LogP contribution in [-0.4, -0.2) is 29.5 Å². The number of aryl methyl sites for hydroxylation is 1. The molecule has 0 aliphatic carbocycles. The molecule has 1 unspecified atom stereocenters. The van der Waals surface area contributed by atoms with E-state index in [0.29, 0.717) is 11.3 Å². The molecule has 0 saturated heterocycles. The lowest BCUT2D eigenvalue weighted by Gasteiger charge is -2.15. The molecule has 2 aromatic rings. The summed E-state index contributed by atoms with van der Waals surface area (Å²) in [7, 11) is 0. The van der Waals surface area contributed by atoms with Crippen molar-refractivity contribution in [3.05, 3.63) is 59.7 Å². The van der Waals surface area contributed by atoms with Gasteiger partial charge in [0.25, 0.3) is 5.91 Å². The molecular weight excluding hydrogens is 350 g/mol. The summed E-state index contributed by atoms with van der Waals surface area (Å²) < 4.78 is 5.19. The fourth-order valence-electron chi connectivity index (χ4n) is 2.27. The van der Waals surface area contributed by atoms with Crippen LogP contribution in [0.5, 0.6) is 0 Å². The van der Waals surface area contributed by atoms with Gasteiger partial charge in [-0.3, -0.25) is 14.4 Å². The number of carbonyl (C=O) groups is 3. The van der Waals surface area contributed by atoms with Crippen molar-refractivity contribution in [2.75, 3.05) is 11.1 Å². The maximum absolute atomic E-state index is 12.2. The number of anilines is 1. The predicted molar refractivity (Wildman–Crippen MR) is 103 cm³/mol. The average Bonchev–Trinajstić information content (AvgIpc) is 2.61. The molecule has 0 aliphatic heterocycles. The molecule has 26 heavy (non-hydrogen) atoms. The molecular formula is C20H21NO4S. The largest absolute Gasteiger partial charge is 0.452 e. The number of thioether (sulfide) groups is 1. The molecule has 2 rings (SSSR count). The molecule has 1 atom stereocenters. The van der Waals surface area contributed by atoms with Crippen molar-refractivity contribution in [3.63, 3.8) is 0 Å². The molecule has 0 aromatic heterocycles. The van der Waals surface area contributed by atoms with Crippen LogP contribution in [0.4, 0.5) is 5.69 Å². The third-order valence-electron chi connectivity index (χ3n) is 3.68. The van der Waals surface area contributed by atoms with Crippen molar-refractivity contribution in [3.8, 4) is 0 Å². The van der Waals surface area contributed by atoms with Gasteiger partial charge in [-0.1, -0.05) is 30.3 Å². The summed E-state index contributed by atoms with van der Waals surface area (Å²) >= 11 is 1.37. The highest BCUT2D eigenvalue weighted by atomic mass is 32.2. The van der Waals surface area contributed by atoms with Crippen molar-refractivity contribution in [1.29, 1.82) is 0 Å². The van der Waals surface area contributed by atoms with Gasteiger partial charge in [-0.2, -0.15) is 0 Å². The Kier molecular flexibility index (Phi) is 6.97. The zero-order valence-electron chi connectivity index (χ0n) is 14.9. The monoisotopic (exact) mass is 371 g/mol. The van der Waals surface area contributed by atoms with Crippen molar-refractivity contribution in [2.24, 2.45) is 0 Å². The Hall–Kier alpha value is -2.60. The second-order valence-corrected chi connectivity index (χ2v) is 6.79. The summed E-state index contributed by atoms with van der Waals surface area (Å²) in [6.07, 6.45) is -0.958. The molecule has 5 nitrogen and oxygen atoms in total. The fourth-order valence-corrected chi connectivity index (χ4v) is 3.09. The smallest absolute Gasteiger partial charge is 0.317 e. The van der Waals surface area contributed by atoms with Crippen molar-refractivity contribution < 1.29 is 19.1 Å². The van der Waals surface area contributed by atoms with Gasteiger partial charge in [0.1, 0.15) is 0 Å². The number of para-hydroxylation sites is 1. The van der Waals surface area contributed by atoms with Crippen molar-refractivity contribution >= 4 is 35.1 Å². The van der Waals surface area contributed by atoms with Crippen LogP contribution in [-0.2, 0) is 14.3 Å². The van der Waals surface area contributed by atoms with E-state index in [2.05, 4.69) is 5.32 Å². The van der Waals surface area contributed by atoms with E-state index in [9.17, 15) is 14.4 Å². The quantitative estimate of drug-likeness (QED) is 0.454. The van der Waals surface area contributed by atoms with Crippen LogP contribution in [0.25, 0.3) is 0 Å². The number of carbonyl (C=O) groups excluding carboxylic acids is 3. The molecule has 136 valence electrons. The Morgan fingerprint density at radius 3 is 2.42 bits per heavy atom. The maximum Gasteiger partial charge on any atom is 0.317 e. The third-order valence-corrected chi connectivity index (χ3v) is 4.83. The topological polar surface area (TPSA) is 72.5 Å². The summed E-state index contributed by atoms with van der Waals surface area (Å²) in [5, 5.41) is 2.64. The molecule has 0 aliphatic rings.